The third kappa shape index (κ3) is 4.84. The first kappa shape index (κ1) is 24.2. The molecule has 3 aromatic rings. The number of benzene rings is 3. The molecule has 1 aliphatic heterocycles. The Balaban J connectivity index is 1.49. The first-order valence-corrected chi connectivity index (χ1v) is 11.6. The smallest absolute Gasteiger partial charge is 0.343 e. The lowest BCUT2D eigenvalue weighted by atomic mass is 10.0. The van der Waals surface area contributed by atoms with Gasteiger partial charge in [0.2, 0.25) is 0 Å². The van der Waals surface area contributed by atoms with Crippen molar-refractivity contribution in [1.29, 1.82) is 0 Å². The number of anilines is 2. The Hall–Kier alpha value is -3.90. The van der Waals surface area contributed by atoms with Crippen LogP contribution in [0.15, 0.2) is 77.5 Å². The number of carbonyl (C=O) groups is 3. The molecule has 2 amide bonds. The SMILES string of the molecule is Cc1cccc(N2C(=O)C(Cl)=C(Nc3ccc(C(=O)Oc4cccc(C(C)C)c4)cc3)C2=O)c1C. The van der Waals surface area contributed by atoms with Gasteiger partial charge in [-0.25, -0.2) is 9.69 Å². The third-order valence-corrected chi connectivity index (χ3v) is 6.32. The van der Waals surface area contributed by atoms with E-state index >= 15 is 0 Å². The molecular weight excluding hydrogens is 464 g/mol. The number of esters is 1. The molecule has 3 aromatic carbocycles. The Bertz CT molecular complexity index is 1360. The molecule has 0 unspecified atom stereocenters. The van der Waals surface area contributed by atoms with E-state index in [1.165, 1.54) is 0 Å². The van der Waals surface area contributed by atoms with Crippen molar-refractivity contribution in [1.82, 2.24) is 0 Å². The fourth-order valence-corrected chi connectivity index (χ4v) is 3.96. The molecule has 0 bridgehead atoms. The van der Waals surface area contributed by atoms with E-state index in [1.54, 1.807) is 42.5 Å². The normalized spacial score (nSPS) is 13.6. The Morgan fingerprint density at radius 2 is 1.63 bits per heavy atom. The van der Waals surface area contributed by atoms with Crippen molar-refractivity contribution >= 4 is 40.8 Å². The second-order valence-corrected chi connectivity index (χ2v) is 9.05. The van der Waals surface area contributed by atoms with Crippen molar-refractivity contribution in [3.8, 4) is 5.75 Å². The predicted molar refractivity (Wildman–Crippen MR) is 137 cm³/mol. The van der Waals surface area contributed by atoms with Crippen molar-refractivity contribution in [3.05, 3.63) is 99.7 Å². The highest BCUT2D eigenvalue weighted by atomic mass is 35.5. The lowest BCUT2D eigenvalue weighted by Gasteiger charge is -2.18. The fourth-order valence-electron chi connectivity index (χ4n) is 3.75. The monoisotopic (exact) mass is 488 g/mol. The van der Waals surface area contributed by atoms with Crippen LogP contribution >= 0.6 is 11.6 Å². The summed E-state index contributed by atoms with van der Waals surface area (Å²) in [7, 11) is 0. The minimum atomic E-state index is -0.586. The van der Waals surface area contributed by atoms with Crippen LogP contribution in [0.5, 0.6) is 5.75 Å². The van der Waals surface area contributed by atoms with E-state index in [0.717, 1.165) is 21.6 Å². The first-order valence-electron chi connectivity index (χ1n) is 11.2. The van der Waals surface area contributed by atoms with E-state index < -0.39 is 17.8 Å². The van der Waals surface area contributed by atoms with E-state index in [1.807, 2.05) is 38.1 Å². The van der Waals surface area contributed by atoms with E-state index in [0.29, 0.717) is 28.6 Å². The zero-order valence-electron chi connectivity index (χ0n) is 19.9. The van der Waals surface area contributed by atoms with Crippen LogP contribution in [0.3, 0.4) is 0 Å². The number of ether oxygens (including phenoxy) is 1. The quantitative estimate of drug-likeness (QED) is 0.258. The molecule has 1 heterocycles. The molecule has 7 heteroatoms. The van der Waals surface area contributed by atoms with Gasteiger partial charge in [-0.1, -0.05) is 49.7 Å². The van der Waals surface area contributed by atoms with Crippen molar-refractivity contribution in [2.75, 3.05) is 10.2 Å². The Kier molecular flexibility index (Phi) is 6.76. The largest absolute Gasteiger partial charge is 0.423 e. The summed E-state index contributed by atoms with van der Waals surface area (Å²) in [5.74, 6) is -0.833. The van der Waals surface area contributed by atoms with Gasteiger partial charge < -0.3 is 10.1 Å². The second kappa shape index (κ2) is 9.76. The summed E-state index contributed by atoms with van der Waals surface area (Å²) in [6, 6.07) is 19.2. The highest BCUT2D eigenvalue weighted by molar-refractivity contribution is 6.53. The Morgan fingerprint density at radius 1 is 0.943 bits per heavy atom. The molecule has 1 aliphatic rings. The van der Waals surface area contributed by atoms with Crippen LogP contribution < -0.4 is 15.0 Å². The lowest BCUT2D eigenvalue weighted by Crippen LogP contribution is -2.33. The Labute approximate surface area is 209 Å². The summed E-state index contributed by atoms with van der Waals surface area (Å²) in [4.78, 5) is 39.5. The standard InChI is InChI=1S/C28H25ClN2O4/c1-16(2)20-8-6-9-22(15-20)35-28(34)19-11-13-21(14-12-19)30-25-24(29)26(32)31(27(25)33)23-10-5-7-17(3)18(23)4/h5-16,30H,1-4H3. The van der Waals surface area contributed by atoms with E-state index in [2.05, 4.69) is 19.2 Å². The third-order valence-electron chi connectivity index (χ3n) is 5.97. The molecule has 0 spiro atoms. The zero-order chi connectivity index (χ0) is 25.3. The van der Waals surface area contributed by atoms with Gasteiger partial charge in [0.05, 0.1) is 11.3 Å². The summed E-state index contributed by atoms with van der Waals surface area (Å²) >= 11 is 6.25. The average Bonchev–Trinajstić information content (AvgIpc) is 3.04. The van der Waals surface area contributed by atoms with Crippen molar-refractivity contribution < 1.29 is 19.1 Å². The fraction of sp³-hybridized carbons (Fsp3) is 0.179. The van der Waals surface area contributed by atoms with Gasteiger partial charge in [0.1, 0.15) is 16.5 Å². The number of rotatable bonds is 6. The molecule has 4 rings (SSSR count). The van der Waals surface area contributed by atoms with E-state index in [-0.39, 0.29) is 10.7 Å². The number of nitrogens with zero attached hydrogens (tertiary/aromatic N) is 1. The number of hydrogen-bond donors (Lipinski definition) is 1. The number of nitrogens with one attached hydrogen (secondary N) is 1. The van der Waals surface area contributed by atoms with Gasteiger partial charge >= 0.3 is 5.97 Å². The molecular formula is C28H25ClN2O4. The molecule has 0 atom stereocenters. The summed E-state index contributed by atoms with van der Waals surface area (Å²) < 4.78 is 5.50. The van der Waals surface area contributed by atoms with Crippen LogP contribution in [0, 0.1) is 13.8 Å². The summed E-state index contributed by atoms with van der Waals surface area (Å²) in [6.07, 6.45) is 0. The summed E-state index contributed by atoms with van der Waals surface area (Å²) in [5.41, 5.74) is 4.18. The summed E-state index contributed by atoms with van der Waals surface area (Å²) in [6.45, 7) is 7.89. The molecule has 1 N–H and O–H groups in total. The minimum absolute atomic E-state index is 0.0154. The number of halogens is 1. The topological polar surface area (TPSA) is 75.7 Å². The van der Waals surface area contributed by atoms with Gasteiger partial charge in [-0.05, 0) is 78.9 Å². The number of carbonyl (C=O) groups excluding carboxylic acids is 3. The van der Waals surface area contributed by atoms with E-state index in [4.69, 9.17) is 16.3 Å². The van der Waals surface area contributed by atoms with Crippen LogP contribution in [-0.2, 0) is 9.59 Å². The molecule has 0 radical (unpaired) electrons. The van der Waals surface area contributed by atoms with Gasteiger partial charge in [-0.3, -0.25) is 9.59 Å². The van der Waals surface area contributed by atoms with Crippen LogP contribution in [-0.4, -0.2) is 17.8 Å². The van der Waals surface area contributed by atoms with Gasteiger partial charge in [0, 0.05) is 5.69 Å². The number of amides is 2. The Morgan fingerprint density at radius 3 is 2.31 bits per heavy atom. The molecule has 0 aromatic heterocycles. The molecule has 6 nitrogen and oxygen atoms in total. The molecule has 35 heavy (non-hydrogen) atoms. The minimum Gasteiger partial charge on any atom is -0.423 e. The average molecular weight is 489 g/mol. The molecule has 0 aliphatic carbocycles. The molecule has 0 saturated carbocycles. The number of aryl methyl sites for hydroxylation is 1. The number of hydrogen-bond acceptors (Lipinski definition) is 5. The van der Waals surface area contributed by atoms with Crippen molar-refractivity contribution in [2.24, 2.45) is 0 Å². The van der Waals surface area contributed by atoms with Gasteiger partial charge in [0.15, 0.2) is 0 Å². The first-order chi connectivity index (χ1) is 16.7. The van der Waals surface area contributed by atoms with Gasteiger partial charge in [0.25, 0.3) is 11.8 Å². The predicted octanol–water partition coefficient (Wildman–Crippen LogP) is 6.08. The van der Waals surface area contributed by atoms with Crippen LogP contribution in [0.4, 0.5) is 11.4 Å². The van der Waals surface area contributed by atoms with E-state index in [9.17, 15) is 14.4 Å². The molecule has 178 valence electrons. The highest BCUT2D eigenvalue weighted by Gasteiger charge is 2.39. The maximum absolute atomic E-state index is 13.1. The maximum Gasteiger partial charge on any atom is 0.343 e. The number of imide groups is 1. The lowest BCUT2D eigenvalue weighted by molar-refractivity contribution is -0.120. The molecule has 0 saturated heterocycles. The second-order valence-electron chi connectivity index (χ2n) is 8.67. The van der Waals surface area contributed by atoms with Crippen molar-refractivity contribution in [3.63, 3.8) is 0 Å². The van der Waals surface area contributed by atoms with Crippen molar-refractivity contribution in [2.45, 2.75) is 33.6 Å². The van der Waals surface area contributed by atoms with Gasteiger partial charge in [-0.15, -0.1) is 0 Å². The maximum atomic E-state index is 13.1. The van der Waals surface area contributed by atoms with Crippen LogP contribution in [0.25, 0.3) is 0 Å². The van der Waals surface area contributed by atoms with Gasteiger partial charge in [-0.2, -0.15) is 0 Å². The molecule has 0 fully saturated rings. The highest BCUT2D eigenvalue weighted by Crippen LogP contribution is 2.33. The summed E-state index contributed by atoms with van der Waals surface area (Å²) in [5, 5.41) is 2.73. The zero-order valence-corrected chi connectivity index (χ0v) is 20.6. The van der Waals surface area contributed by atoms with Crippen LogP contribution in [0.2, 0.25) is 0 Å². The van der Waals surface area contributed by atoms with Crippen LogP contribution in [0.1, 0.15) is 46.8 Å².